The van der Waals surface area contributed by atoms with E-state index >= 15 is 0 Å². The lowest BCUT2D eigenvalue weighted by molar-refractivity contribution is -0.117. The van der Waals surface area contributed by atoms with Crippen molar-refractivity contribution in [3.05, 3.63) is 24.3 Å². The Kier molecular flexibility index (Phi) is 6.95. The average Bonchev–Trinajstić information content (AvgIpc) is 2.38. The number of rotatable bonds is 7. The Morgan fingerprint density at radius 1 is 1.32 bits per heavy atom. The monoisotopic (exact) mass is 280 g/mol. The minimum atomic E-state index is 0.0491. The van der Waals surface area contributed by atoms with Crippen LogP contribution in [-0.4, -0.2) is 18.7 Å². The summed E-state index contributed by atoms with van der Waals surface area (Å²) in [5.74, 6) is 0.890. The second-order valence-corrected chi connectivity index (χ2v) is 6.09. The summed E-state index contributed by atoms with van der Waals surface area (Å²) in [6.07, 6.45) is 3.53. The van der Waals surface area contributed by atoms with Gasteiger partial charge in [0.25, 0.3) is 0 Å². The van der Waals surface area contributed by atoms with Crippen LogP contribution in [0.15, 0.2) is 29.2 Å². The molecule has 1 aromatic carbocycles. The van der Waals surface area contributed by atoms with Crippen molar-refractivity contribution in [3.8, 4) is 0 Å². The van der Waals surface area contributed by atoms with E-state index in [1.807, 2.05) is 30.5 Å². The number of nitrogens with one attached hydrogen (secondary N) is 1. The number of nitrogens with two attached hydrogens (primary N) is 1. The number of carbonyl (C=O) groups is 1. The molecule has 0 heterocycles. The Hall–Kier alpha value is -1.00. The van der Waals surface area contributed by atoms with Crippen molar-refractivity contribution >= 4 is 23.4 Å². The van der Waals surface area contributed by atoms with Crippen molar-refractivity contribution in [2.45, 2.75) is 31.6 Å². The standard InChI is InChI=1S/C15H24N2OS/c1-11(2)8-12(10-16)9-15(18)17-13-4-6-14(19-3)7-5-13/h4-7,11-12H,8-10,16H2,1-3H3,(H,17,18)/t12-/m0/s1. The lowest BCUT2D eigenvalue weighted by Gasteiger charge is -2.16. The van der Waals surface area contributed by atoms with Crippen molar-refractivity contribution in [2.24, 2.45) is 17.6 Å². The molecule has 0 spiro atoms. The molecule has 1 aromatic rings. The van der Waals surface area contributed by atoms with Crippen molar-refractivity contribution in [1.82, 2.24) is 0 Å². The minimum Gasteiger partial charge on any atom is -0.330 e. The van der Waals surface area contributed by atoms with Crippen LogP contribution in [0.3, 0.4) is 0 Å². The Balaban J connectivity index is 2.49. The maximum Gasteiger partial charge on any atom is 0.224 e. The van der Waals surface area contributed by atoms with E-state index in [9.17, 15) is 4.79 Å². The van der Waals surface area contributed by atoms with Crippen LogP contribution in [0.2, 0.25) is 0 Å². The molecule has 1 atom stereocenters. The van der Waals surface area contributed by atoms with E-state index in [0.29, 0.717) is 18.9 Å². The topological polar surface area (TPSA) is 55.1 Å². The summed E-state index contributed by atoms with van der Waals surface area (Å²) in [4.78, 5) is 13.1. The van der Waals surface area contributed by atoms with Gasteiger partial charge in [0.2, 0.25) is 5.91 Å². The zero-order chi connectivity index (χ0) is 14.3. The van der Waals surface area contributed by atoms with Gasteiger partial charge in [-0.25, -0.2) is 0 Å². The van der Waals surface area contributed by atoms with Gasteiger partial charge in [-0.2, -0.15) is 0 Å². The van der Waals surface area contributed by atoms with Crippen LogP contribution in [-0.2, 0) is 4.79 Å². The normalized spacial score (nSPS) is 12.5. The summed E-state index contributed by atoms with van der Waals surface area (Å²) in [6, 6.07) is 7.89. The lowest BCUT2D eigenvalue weighted by atomic mass is 9.94. The number of anilines is 1. The average molecular weight is 280 g/mol. The number of benzene rings is 1. The first-order valence-corrected chi connectivity index (χ1v) is 7.91. The fourth-order valence-electron chi connectivity index (χ4n) is 2.08. The third-order valence-electron chi connectivity index (χ3n) is 2.99. The van der Waals surface area contributed by atoms with Gasteiger partial charge in [0.15, 0.2) is 0 Å². The first kappa shape index (κ1) is 16.1. The van der Waals surface area contributed by atoms with E-state index in [0.717, 1.165) is 12.1 Å². The van der Waals surface area contributed by atoms with E-state index in [1.165, 1.54) is 4.90 Å². The molecule has 0 aliphatic carbocycles. The van der Waals surface area contributed by atoms with Crippen LogP contribution in [0.4, 0.5) is 5.69 Å². The molecular weight excluding hydrogens is 256 g/mol. The van der Waals surface area contributed by atoms with Gasteiger partial charge in [-0.15, -0.1) is 11.8 Å². The zero-order valence-corrected chi connectivity index (χ0v) is 12.8. The molecule has 19 heavy (non-hydrogen) atoms. The fourth-order valence-corrected chi connectivity index (χ4v) is 2.49. The summed E-state index contributed by atoms with van der Waals surface area (Å²) in [5, 5.41) is 2.93. The van der Waals surface area contributed by atoms with Crippen LogP contribution in [0, 0.1) is 11.8 Å². The second kappa shape index (κ2) is 8.23. The Bertz CT molecular complexity index is 390. The number of thioether (sulfide) groups is 1. The van der Waals surface area contributed by atoms with Gasteiger partial charge in [-0.05, 0) is 55.3 Å². The van der Waals surface area contributed by atoms with Crippen LogP contribution in [0.5, 0.6) is 0 Å². The summed E-state index contributed by atoms with van der Waals surface area (Å²) in [5.41, 5.74) is 6.57. The van der Waals surface area contributed by atoms with Gasteiger partial charge >= 0.3 is 0 Å². The van der Waals surface area contributed by atoms with E-state index in [4.69, 9.17) is 5.73 Å². The van der Waals surface area contributed by atoms with Gasteiger partial charge in [-0.3, -0.25) is 4.79 Å². The van der Waals surface area contributed by atoms with E-state index in [2.05, 4.69) is 19.2 Å². The number of hydrogen-bond donors (Lipinski definition) is 2. The van der Waals surface area contributed by atoms with Gasteiger partial charge in [0, 0.05) is 17.0 Å². The van der Waals surface area contributed by atoms with Crippen LogP contribution in [0.25, 0.3) is 0 Å². The van der Waals surface area contributed by atoms with Gasteiger partial charge in [0.1, 0.15) is 0 Å². The van der Waals surface area contributed by atoms with Gasteiger partial charge < -0.3 is 11.1 Å². The quantitative estimate of drug-likeness (QED) is 0.753. The van der Waals surface area contributed by atoms with Crippen LogP contribution < -0.4 is 11.1 Å². The van der Waals surface area contributed by atoms with E-state index in [1.54, 1.807) is 11.8 Å². The van der Waals surface area contributed by atoms with Crippen molar-refractivity contribution in [1.29, 1.82) is 0 Å². The highest BCUT2D eigenvalue weighted by atomic mass is 32.2. The molecule has 0 saturated carbocycles. The lowest BCUT2D eigenvalue weighted by Crippen LogP contribution is -2.23. The molecule has 4 heteroatoms. The van der Waals surface area contributed by atoms with Crippen LogP contribution >= 0.6 is 11.8 Å². The maximum atomic E-state index is 11.9. The fraction of sp³-hybridized carbons (Fsp3) is 0.533. The zero-order valence-electron chi connectivity index (χ0n) is 12.0. The van der Waals surface area contributed by atoms with Gasteiger partial charge in [0.05, 0.1) is 0 Å². The highest BCUT2D eigenvalue weighted by Crippen LogP contribution is 2.19. The van der Waals surface area contributed by atoms with E-state index in [-0.39, 0.29) is 11.8 Å². The minimum absolute atomic E-state index is 0.0491. The van der Waals surface area contributed by atoms with Crippen molar-refractivity contribution < 1.29 is 4.79 Å². The van der Waals surface area contributed by atoms with Crippen LogP contribution in [0.1, 0.15) is 26.7 Å². The molecule has 0 aliphatic rings. The molecule has 1 amide bonds. The molecule has 0 saturated heterocycles. The molecule has 106 valence electrons. The largest absolute Gasteiger partial charge is 0.330 e. The highest BCUT2D eigenvalue weighted by molar-refractivity contribution is 7.98. The van der Waals surface area contributed by atoms with Crippen molar-refractivity contribution in [2.75, 3.05) is 18.1 Å². The summed E-state index contributed by atoms with van der Waals surface area (Å²) < 4.78 is 0. The maximum absolute atomic E-state index is 11.9. The Labute approximate surface area is 120 Å². The first-order valence-electron chi connectivity index (χ1n) is 6.69. The second-order valence-electron chi connectivity index (χ2n) is 5.21. The number of amides is 1. The molecule has 0 unspecified atom stereocenters. The molecule has 0 radical (unpaired) electrons. The molecular formula is C15H24N2OS. The smallest absolute Gasteiger partial charge is 0.224 e. The molecule has 1 rings (SSSR count). The summed E-state index contributed by atoms with van der Waals surface area (Å²) in [6.45, 7) is 4.88. The molecule has 3 N–H and O–H groups in total. The third kappa shape index (κ3) is 6.12. The van der Waals surface area contributed by atoms with Gasteiger partial charge in [-0.1, -0.05) is 13.8 Å². The number of carbonyl (C=O) groups excluding carboxylic acids is 1. The summed E-state index contributed by atoms with van der Waals surface area (Å²) in [7, 11) is 0. The molecule has 0 aromatic heterocycles. The third-order valence-corrected chi connectivity index (χ3v) is 3.73. The first-order chi connectivity index (χ1) is 9.05. The van der Waals surface area contributed by atoms with E-state index < -0.39 is 0 Å². The Morgan fingerprint density at radius 3 is 2.42 bits per heavy atom. The SMILES string of the molecule is CSc1ccc(NC(=O)C[C@@H](CN)CC(C)C)cc1. The number of hydrogen-bond acceptors (Lipinski definition) is 3. The highest BCUT2D eigenvalue weighted by Gasteiger charge is 2.14. The molecule has 3 nitrogen and oxygen atoms in total. The molecule has 0 aliphatic heterocycles. The summed E-state index contributed by atoms with van der Waals surface area (Å²) >= 11 is 1.69. The van der Waals surface area contributed by atoms with Crippen molar-refractivity contribution in [3.63, 3.8) is 0 Å². The molecule has 0 fully saturated rings. The molecule has 0 bridgehead atoms. The predicted octanol–water partition coefficient (Wildman–Crippen LogP) is 3.36. The predicted molar refractivity (Wildman–Crippen MR) is 83.5 cm³/mol. The Morgan fingerprint density at radius 2 is 1.95 bits per heavy atom.